The highest BCUT2D eigenvalue weighted by molar-refractivity contribution is 14.1. The molecule has 3 N–H and O–H groups in total. The van der Waals surface area contributed by atoms with Crippen LogP contribution in [-0.2, 0) is 0 Å². The normalized spacial score (nSPS) is 11.8. The van der Waals surface area contributed by atoms with Crippen LogP contribution in [0.4, 0.5) is 17.5 Å². The maximum absolute atomic E-state index is 9.29. The molecular weight excluding hydrogens is 465 g/mol. The van der Waals surface area contributed by atoms with Crippen LogP contribution < -0.4 is 10.6 Å². The van der Waals surface area contributed by atoms with Crippen molar-refractivity contribution in [3.05, 3.63) is 57.4 Å². The van der Waals surface area contributed by atoms with Crippen LogP contribution >= 0.6 is 34.2 Å². The zero-order valence-electron chi connectivity index (χ0n) is 13.9. The molecule has 2 aromatic heterocycles. The highest BCUT2D eigenvalue weighted by atomic mass is 127. The number of aromatic nitrogens is 3. The Morgan fingerprint density at radius 3 is 2.77 bits per heavy atom. The summed E-state index contributed by atoms with van der Waals surface area (Å²) in [6.45, 7) is 1.83. The third kappa shape index (κ3) is 4.80. The van der Waals surface area contributed by atoms with Gasteiger partial charge in [0.05, 0.1) is 23.0 Å². The van der Waals surface area contributed by atoms with E-state index < -0.39 is 0 Å². The van der Waals surface area contributed by atoms with Gasteiger partial charge in [-0.05, 0) is 59.8 Å². The van der Waals surface area contributed by atoms with Gasteiger partial charge in [0, 0.05) is 33.6 Å². The molecule has 6 nitrogen and oxygen atoms in total. The number of halogens is 2. The molecule has 0 saturated carbocycles. The predicted molar refractivity (Wildman–Crippen MR) is 113 cm³/mol. The predicted octanol–water partition coefficient (Wildman–Crippen LogP) is 4.33. The highest BCUT2D eigenvalue weighted by Gasteiger charge is 2.11. The Kier molecular flexibility index (Phi) is 6.23. The van der Waals surface area contributed by atoms with Crippen LogP contribution in [0.25, 0.3) is 11.3 Å². The summed E-state index contributed by atoms with van der Waals surface area (Å²) in [5, 5.41) is 16.2. The number of aliphatic hydroxyl groups excluding tert-OH is 1. The number of nitrogens with one attached hydrogen (secondary N) is 2. The molecule has 1 atom stereocenters. The van der Waals surface area contributed by atoms with Crippen LogP contribution in [0, 0.1) is 3.57 Å². The molecule has 3 rings (SSSR count). The number of rotatable bonds is 6. The number of pyridine rings is 1. The lowest BCUT2D eigenvalue weighted by Gasteiger charge is -2.14. The summed E-state index contributed by atoms with van der Waals surface area (Å²) in [6, 6.07) is 11.2. The van der Waals surface area contributed by atoms with E-state index in [9.17, 15) is 5.11 Å². The number of hydrogen-bond acceptors (Lipinski definition) is 6. The Hall–Kier alpha value is -1.97. The molecule has 0 saturated heterocycles. The van der Waals surface area contributed by atoms with Gasteiger partial charge in [-0.15, -0.1) is 0 Å². The van der Waals surface area contributed by atoms with Gasteiger partial charge in [0.25, 0.3) is 0 Å². The molecule has 1 aromatic carbocycles. The van der Waals surface area contributed by atoms with Crippen molar-refractivity contribution in [2.45, 2.75) is 13.0 Å². The number of anilines is 3. The van der Waals surface area contributed by atoms with E-state index in [1.54, 1.807) is 12.4 Å². The fraction of sp³-hybridized carbons (Fsp3) is 0.167. The zero-order chi connectivity index (χ0) is 18.5. The van der Waals surface area contributed by atoms with Crippen LogP contribution in [-0.4, -0.2) is 32.7 Å². The molecule has 0 unspecified atom stereocenters. The van der Waals surface area contributed by atoms with E-state index in [-0.39, 0.29) is 12.6 Å². The van der Waals surface area contributed by atoms with Crippen molar-refractivity contribution in [3.63, 3.8) is 0 Å². The second-order valence-electron chi connectivity index (χ2n) is 5.68. The van der Waals surface area contributed by atoms with Gasteiger partial charge in [0.2, 0.25) is 5.95 Å². The van der Waals surface area contributed by atoms with Crippen LogP contribution in [0.1, 0.15) is 6.92 Å². The third-order valence-corrected chi connectivity index (χ3v) is 4.51. The lowest BCUT2D eigenvalue weighted by Crippen LogP contribution is -2.21. The van der Waals surface area contributed by atoms with Gasteiger partial charge in [-0.1, -0.05) is 11.6 Å². The molecular formula is C18H17ClIN5O. The van der Waals surface area contributed by atoms with Gasteiger partial charge >= 0.3 is 0 Å². The van der Waals surface area contributed by atoms with Gasteiger partial charge in [-0.25, -0.2) is 4.98 Å². The highest BCUT2D eigenvalue weighted by Crippen LogP contribution is 2.28. The van der Waals surface area contributed by atoms with E-state index >= 15 is 0 Å². The molecule has 0 bridgehead atoms. The summed E-state index contributed by atoms with van der Waals surface area (Å²) in [6.07, 6.45) is 3.45. The molecule has 8 heteroatoms. The summed E-state index contributed by atoms with van der Waals surface area (Å²) < 4.78 is 1.05. The van der Waals surface area contributed by atoms with Gasteiger partial charge < -0.3 is 15.7 Å². The van der Waals surface area contributed by atoms with E-state index in [2.05, 4.69) is 48.2 Å². The van der Waals surface area contributed by atoms with E-state index in [1.165, 1.54) is 0 Å². The van der Waals surface area contributed by atoms with Crippen molar-refractivity contribution in [1.82, 2.24) is 15.0 Å². The van der Waals surface area contributed by atoms with Crippen molar-refractivity contribution in [3.8, 4) is 11.3 Å². The van der Waals surface area contributed by atoms with E-state index in [0.717, 1.165) is 14.8 Å². The first-order valence-corrected chi connectivity index (χ1v) is 9.40. The topological polar surface area (TPSA) is 83.0 Å². The number of benzene rings is 1. The first-order chi connectivity index (χ1) is 12.5. The minimum Gasteiger partial charge on any atom is -0.394 e. The summed E-state index contributed by atoms with van der Waals surface area (Å²) in [5.74, 6) is 1.01. The minimum absolute atomic E-state index is 0.0216. The molecule has 0 aliphatic carbocycles. The Bertz CT molecular complexity index is 894. The summed E-state index contributed by atoms with van der Waals surface area (Å²) in [7, 11) is 0. The number of hydrogen-bond donors (Lipinski definition) is 3. The summed E-state index contributed by atoms with van der Waals surface area (Å²) in [5.41, 5.74) is 2.33. The van der Waals surface area contributed by atoms with Crippen molar-refractivity contribution >= 4 is 51.6 Å². The van der Waals surface area contributed by atoms with Crippen LogP contribution in [0.5, 0.6) is 0 Å². The Morgan fingerprint density at radius 2 is 2.08 bits per heavy atom. The van der Waals surface area contributed by atoms with Crippen LogP contribution in [0.3, 0.4) is 0 Å². The average Bonchev–Trinajstić information content (AvgIpc) is 2.64. The van der Waals surface area contributed by atoms with E-state index in [4.69, 9.17) is 11.6 Å². The number of aliphatic hydroxyl groups is 1. The van der Waals surface area contributed by atoms with Gasteiger partial charge in [0.1, 0.15) is 5.82 Å². The Labute approximate surface area is 170 Å². The van der Waals surface area contributed by atoms with Gasteiger partial charge in [-0.2, -0.15) is 4.98 Å². The van der Waals surface area contributed by atoms with Gasteiger partial charge in [-0.3, -0.25) is 4.98 Å². The quantitative estimate of drug-likeness (QED) is 0.455. The molecule has 0 aliphatic rings. The van der Waals surface area contributed by atoms with Crippen molar-refractivity contribution in [1.29, 1.82) is 0 Å². The lowest BCUT2D eigenvalue weighted by atomic mass is 10.2. The lowest BCUT2D eigenvalue weighted by molar-refractivity contribution is 0.281. The molecule has 0 amide bonds. The maximum Gasteiger partial charge on any atom is 0.225 e. The Morgan fingerprint density at radius 1 is 1.23 bits per heavy atom. The third-order valence-electron chi connectivity index (χ3n) is 3.53. The largest absolute Gasteiger partial charge is 0.394 e. The molecule has 26 heavy (non-hydrogen) atoms. The average molecular weight is 482 g/mol. The van der Waals surface area contributed by atoms with Crippen molar-refractivity contribution < 1.29 is 5.11 Å². The zero-order valence-corrected chi connectivity index (χ0v) is 16.9. The second kappa shape index (κ2) is 8.61. The second-order valence-corrected chi connectivity index (χ2v) is 7.33. The van der Waals surface area contributed by atoms with E-state index in [1.807, 2.05) is 43.3 Å². The van der Waals surface area contributed by atoms with Crippen molar-refractivity contribution in [2.75, 3.05) is 17.2 Å². The first-order valence-electron chi connectivity index (χ1n) is 7.94. The van der Waals surface area contributed by atoms with Crippen LogP contribution in [0.15, 0.2) is 48.8 Å². The molecule has 2 heterocycles. The molecule has 0 spiro atoms. The SMILES string of the molecule is C[C@H](CO)Nc1nc(Nc2ccc(I)cc2Cl)cc(-c2cccnc2)n1. The number of nitrogens with zero attached hydrogens (tertiary/aromatic N) is 3. The minimum atomic E-state index is -0.172. The molecule has 0 fully saturated rings. The summed E-state index contributed by atoms with van der Waals surface area (Å²) in [4.78, 5) is 13.1. The van der Waals surface area contributed by atoms with Gasteiger partial charge in [0.15, 0.2) is 0 Å². The molecule has 3 aromatic rings. The molecule has 0 aliphatic heterocycles. The van der Waals surface area contributed by atoms with E-state index in [0.29, 0.717) is 22.5 Å². The molecule has 0 radical (unpaired) electrons. The fourth-order valence-electron chi connectivity index (χ4n) is 2.23. The standard InChI is InChI=1S/C18H17ClIN5O/c1-11(10-26)22-18-24-16(12-3-2-6-21-9-12)8-17(25-18)23-15-5-4-13(20)7-14(15)19/h2-9,11,26H,10H2,1H3,(H2,22,23,24,25)/t11-/m1/s1. The Balaban J connectivity index is 1.98. The maximum atomic E-state index is 9.29. The smallest absolute Gasteiger partial charge is 0.225 e. The van der Waals surface area contributed by atoms with Crippen LogP contribution in [0.2, 0.25) is 5.02 Å². The van der Waals surface area contributed by atoms with Crippen molar-refractivity contribution in [2.24, 2.45) is 0 Å². The monoisotopic (exact) mass is 481 g/mol. The molecule has 134 valence electrons. The summed E-state index contributed by atoms with van der Waals surface area (Å²) >= 11 is 8.52. The fourth-order valence-corrected chi connectivity index (χ4v) is 3.14. The first kappa shape index (κ1) is 18.8.